The summed E-state index contributed by atoms with van der Waals surface area (Å²) >= 11 is 5.95. The molecule has 2 aromatic rings. The molecule has 1 aromatic heterocycles. The quantitative estimate of drug-likeness (QED) is 0.682. The lowest BCUT2D eigenvalue weighted by molar-refractivity contribution is -0.116. The summed E-state index contributed by atoms with van der Waals surface area (Å²) in [7, 11) is 0. The Morgan fingerprint density at radius 2 is 1.97 bits per heavy atom. The minimum absolute atomic E-state index is 0.158. The van der Waals surface area contributed by atoms with E-state index in [1.165, 1.54) is 0 Å². The molecule has 0 aliphatic heterocycles. The van der Waals surface area contributed by atoms with Crippen LogP contribution in [0, 0.1) is 6.92 Å². The molecule has 1 aromatic carbocycles. The highest BCUT2D eigenvalue weighted by atomic mass is 35.5. The fourth-order valence-corrected chi connectivity index (χ4v) is 2.97. The lowest BCUT2D eigenvalue weighted by atomic mass is 10.1. The number of aryl methyl sites for hydroxylation is 1. The Morgan fingerprint density at radius 1 is 1.28 bits per heavy atom. The summed E-state index contributed by atoms with van der Waals surface area (Å²) in [6, 6.07) is 7.40. The Bertz CT molecular complexity index is 838. The summed E-state index contributed by atoms with van der Waals surface area (Å²) in [5, 5.41) is 6.92. The third-order valence-corrected chi connectivity index (χ3v) is 4.52. The number of para-hydroxylation sites is 1. The number of halogens is 1. The monoisotopic (exact) mass is 421 g/mol. The van der Waals surface area contributed by atoms with Crippen LogP contribution in [-0.4, -0.2) is 34.2 Å². The van der Waals surface area contributed by atoms with Crippen LogP contribution in [0.5, 0.6) is 0 Å². The highest BCUT2D eigenvalue weighted by Gasteiger charge is 2.22. The molecule has 0 spiro atoms. The van der Waals surface area contributed by atoms with E-state index in [4.69, 9.17) is 20.9 Å². The number of nitrogens with zero attached hydrogens (tertiary/aromatic N) is 2. The number of aromatic nitrogens is 1. The fraction of sp³-hybridized carbons (Fsp3) is 0.476. The lowest BCUT2D eigenvalue weighted by Crippen LogP contribution is -2.36. The van der Waals surface area contributed by atoms with E-state index in [1.807, 2.05) is 52.0 Å². The van der Waals surface area contributed by atoms with Crippen molar-refractivity contribution in [2.24, 2.45) is 0 Å². The van der Waals surface area contributed by atoms with Gasteiger partial charge < -0.3 is 19.5 Å². The molecule has 8 heteroatoms. The third kappa shape index (κ3) is 6.78. The van der Waals surface area contributed by atoms with Crippen LogP contribution in [0.3, 0.4) is 0 Å². The predicted molar refractivity (Wildman–Crippen MR) is 112 cm³/mol. The number of nitrogens with one attached hydrogen (secondary N) is 1. The number of amides is 2. The van der Waals surface area contributed by atoms with Crippen LogP contribution in [0.15, 0.2) is 28.8 Å². The second kappa shape index (κ2) is 9.78. The van der Waals surface area contributed by atoms with Crippen LogP contribution in [0.4, 0.5) is 10.5 Å². The fourth-order valence-electron chi connectivity index (χ4n) is 2.71. The van der Waals surface area contributed by atoms with Crippen LogP contribution >= 0.6 is 11.6 Å². The zero-order chi connectivity index (χ0) is 21.6. The van der Waals surface area contributed by atoms with Gasteiger partial charge in [0, 0.05) is 24.2 Å². The number of benzene rings is 1. The molecular weight excluding hydrogens is 394 g/mol. The van der Waals surface area contributed by atoms with Gasteiger partial charge >= 0.3 is 6.09 Å². The van der Waals surface area contributed by atoms with E-state index in [0.29, 0.717) is 30.9 Å². The topological polar surface area (TPSA) is 84.7 Å². The molecule has 0 aliphatic carbocycles. The van der Waals surface area contributed by atoms with Crippen molar-refractivity contribution in [2.75, 3.05) is 11.9 Å². The van der Waals surface area contributed by atoms with Crippen molar-refractivity contribution in [2.45, 2.75) is 59.6 Å². The lowest BCUT2D eigenvalue weighted by Gasteiger charge is -2.27. The Balaban J connectivity index is 2.03. The van der Waals surface area contributed by atoms with Gasteiger partial charge in [0.25, 0.3) is 0 Å². The van der Waals surface area contributed by atoms with Gasteiger partial charge in [0.15, 0.2) is 0 Å². The standard InChI is InChI=1S/C21H28ClN3O4/c1-6-25(20(27)28-21(3,4)5)13-15-9-7-8-10-17(15)23-18(26)12-11-16-14(2)24-29-19(16)22/h7-10H,6,11-13H2,1-5H3,(H,23,26). The zero-order valence-electron chi connectivity index (χ0n) is 17.5. The molecule has 158 valence electrons. The number of hydrogen-bond acceptors (Lipinski definition) is 5. The van der Waals surface area contributed by atoms with Crippen LogP contribution < -0.4 is 5.32 Å². The van der Waals surface area contributed by atoms with Gasteiger partial charge in [0.1, 0.15) is 5.60 Å². The van der Waals surface area contributed by atoms with Crippen molar-refractivity contribution in [1.82, 2.24) is 10.1 Å². The second-order valence-electron chi connectivity index (χ2n) is 7.72. The minimum Gasteiger partial charge on any atom is -0.444 e. The molecule has 7 nitrogen and oxygen atoms in total. The zero-order valence-corrected chi connectivity index (χ0v) is 18.3. The molecule has 0 saturated carbocycles. The normalized spacial score (nSPS) is 11.2. The minimum atomic E-state index is -0.570. The molecular formula is C21H28ClN3O4. The van der Waals surface area contributed by atoms with E-state index in [0.717, 1.165) is 11.1 Å². The van der Waals surface area contributed by atoms with Crippen molar-refractivity contribution < 1.29 is 18.8 Å². The molecule has 0 atom stereocenters. The predicted octanol–water partition coefficient (Wildman–Crippen LogP) is 4.96. The van der Waals surface area contributed by atoms with E-state index < -0.39 is 11.7 Å². The van der Waals surface area contributed by atoms with Crippen LogP contribution in [0.25, 0.3) is 0 Å². The Morgan fingerprint density at radius 3 is 2.55 bits per heavy atom. The summed E-state index contributed by atoms with van der Waals surface area (Å²) < 4.78 is 10.4. The van der Waals surface area contributed by atoms with Gasteiger partial charge in [-0.1, -0.05) is 23.4 Å². The van der Waals surface area contributed by atoms with Crippen molar-refractivity contribution in [1.29, 1.82) is 0 Å². The molecule has 0 fully saturated rings. The third-order valence-electron chi connectivity index (χ3n) is 4.22. The first-order valence-corrected chi connectivity index (χ1v) is 9.94. The van der Waals surface area contributed by atoms with E-state index in [2.05, 4.69) is 10.5 Å². The maximum absolute atomic E-state index is 12.4. The van der Waals surface area contributed by atoms with Gasteiger partial charge in [-0.3, -0.25) is 4.79 Å². The summed E-state index contributed by atoms with van der Waals surface area (Å²) in [6.45, 7) is 9.98. The van der Waals surface area contributed by atoms with E-state index in [1.54, 1.807) is 11.8 Å². The number of rotatable bonds is 7. The smallest absolute Gasteiger partial charge is 0.410 e. The molecule has 29 heavy (non-hydrogen) atoms. The van der Waals surface area contributed by atoms with E-state index in [9.17, 15) is 9.59 Å². The van der Waals surface area contributed by atoms with E-state index in [-0.39, 0.29) is 17.5 Å². The molecule has 1 N–H and O–H groups in total. The second-order valence-corrected chi connectivity index (χ2v) is 8.06. The van der Waals surface area contributed by atoms with Crippen LogP contribution in [0.2, 0.25) is 5.22 Å². The summed E-state index contributed by atoms with van der Waals surface area (Å²) in [5.74, 6) is -0.158. The van der Waals surface area contributed by atoms with Crippen LogP contribution in [-0.2, 0) is 22.5 Å². The van der Waals surface area contributed by atoms with Crippen LogP contribution in [0.1, 0.15) is 50.9 Å². The van der Waals surface area contributed by atoms with E-state index >= 15 is 0 Å². The van der Waals surface area contributed by atoms with Crippen molar-refractivity contribution >= 4 is 29.3 Å². The average Bonchev–Trinajstić information content (AvgIpc) is 2.95. The van der Waals surface area contributed by atoms with Gasteiger partial charge in [-0.2, -0.15) is 0 Å². The number of hydrogen-bond donors (Lipinski definition) is 1. The number of carbonyl (C=O) groups is 2. The molecule has 2 rings (SSSR count). The first-order valence-electron chi connectivity index (χ1n) is 9.57. The Hall–Kier alpha value is -2.54. The SMILES string of the molecule is CCN(Cc1ccccc1NC(=O)CCc1c(C)noc1Cl)C(=O)OC(C)(C)C. The molecule has 0 unspecified atom stereocenters. The molecule has 0 bridgehead atoms. The molecule has 0 saturated heterocycles. The average molecular weight is 422 g/mol. The van der Waals surface area contributed by atoms with Gasteiger partial charge in [0.05, 0.1) is 12.2 Å². The number of ether oxygens (including phenoxy) is 1. The highest BCUT2D eigenvalue weighted by molar-refractivity contribution is 6.29. The maximum atomic E-state index is 12.4. The Kier molecular flexibility index (Phi) is 7.67. The van der Waals surface area contributed by atoms with Crippen molar-refractivity contribution in [3.05, 3.63) is 46.3 Å². The number of carbonyl (C=O) groups excluding carboxylic acids is 2. The maximum Gasteiger partial charge on any atom is 0.410 e. The Labute approximate surface area is 176 Å². The molecule has 0 aliphatic rings. The van der Waals surface area contributed by atoms with Gasteiger partial charge in [-0.15, -0.1) is 0 Å². The van der Waals surface area contributed by atoms with Gasteiger partial charge in [0.2, 0.25) is 11.1 Å². The first kappa shape index (κ1) is 22.7. The summed E-state index contributed by atoms with van der Waals surface area (Å²) in [4.78, 5) is 26.5. The molecule has 2 amide bonds. The van der Waals surface area contributed by atoms with Gasteiger partial charge in [-0.05, 0) is 64.3 Å². The number of anilines is 1. The largest absolute Gasteiger partial charge is 0.444 e. The van der Waals surface area contributed by atoms with Crippen molar-refractivity contribution in [3.8, 4) is 0 Å². The summed E-state index contributed by atoms with van der Waals surface area (Å²) in [6.07, 6.45) is 0.277. The molecule has 1 heterocycles. The highest BCUT2D eigenvalue weighted by Crippen LogP contribution is 2.22. The molecule has 0 radical (unpaired) electrons. The van der Waals surface area contributed by atoms with Crippen molar-refractivity contribution in [3.63, 3.8) is 0 Å². The first-order chi connectivity index (χ1) is 13.6. The van der Waals surface area contributed by atoms with Gasteiger partial charge in [-0.25, -0.2) is 4.79 Å². The summed E-state index contributed by atoms with van der Waals surface area (Å²) in [5.41, 5.74) is 2.33.